The van der Waals surface area contributed by atoms with Crippen LogP contribution in [0.5, 0.6) is 5.75 Å². The van der Waals surface area contributed by atoms with Crippen molar-refractivity contribution in [2.75, 3.05) is 32.7 Å². The number of carboxylic acid groups (broad SMARTS) is 1. The topological polar surface area (TPSA) is 53.0 Å². The van der Waals surface area contributed by atoms with Gasteiger partial charge in [0.1, 0.15) is 11.9 Å². The molecule has 1 aliphatic carbocycles. The molecule has 2 heterocycles. The van der Waals surface area contributed by atoms with Crippen molar-refractivity contribution in [2.45, 2.75) is 63.5 Å². The molecular formula is C24H34Cl2N2O3. The van der Waals surface area contributed by atoms with E-state index >= 15 is 0 Å². The van der Waals surface area contributed by atoms with Gasteiger partial charge in [0.15, 0.2) is 0 Å². The van der Waals surface area contributed by atoms with Crippen LogP contribution in [-0.4, -0.2) is 65.7 Å². The van der Waals surface area contributed by atoms with E-state index in [1.165, 1.54) is 19.3 Å². The van der Waals surface area contributed by atoms with Gasteiger partial charge in [-0.25, -0.2) is 0 Å². The number of rotatable bonds is 6. The first-order valence-corrected chi connectivity index (χ1v) is 12.6. The van der Waals surface area contributed by atoms with Crippen molar-refractivity contribution in [3.05, 3.63) is 28.2 Å². The molecule has 0 radical (unpaired) electrons. The van der Waals surface area contributed by atoms with Gasteiger partial charge in [-0.1, -0.05) is 36.0 Å². The van der Waals surface area contributed by atoms with E-state index in [1.54, 1.807) is 12.1 Å². The average molecular weight is 469 g/mol. The summed E-state index contributed by atoms with van der Waals surface area (Å²) >= 11 is 12.1. The fourth-order valence-corrected chi connectivity index (χ4v) is 5.91. The fourth-order valence-electron chi connectivity index (χ4n) is 5.62. The number of hydrogen-bond acceptors (Lipinski definition) is 4. The molecule has 3 fully saturated rings. The summed E-state index contributed by atoms with van der Waals surface area (Å²) in [5.74, 6) is 0.746. The third-order valence-corrected chi connectivity index (χ3v) is 8.15. The minimum atomic E-state index is -0.599. The van der Waals surface area contributed by atoms with Gasteiger partial charge in [0.2, 0.25) is 0 Å². The van der Waals surface area contributed by atoms with Crippen molar-refractivity contribution in [1.82, 2.24) is 9.80 Å². The second kappa shape index (κ2) is 10.7. The average Bonchev–Trinajstić information content (AvgIpc) is 2.78. The first-order valence-electron chi connectivity index (χ1n) is 11.8. The zero-order valence-electron chi connectivity index (χ0n) is 18.1. The van der Waals surface area contributed by atoms with Gasteiger partial charge in [-0.3, -0.25) is 9.69 Å². The van der Waals surface area contributed by atoms with Crippen LogP contribution in [-0.2, 0) is 4.79 Å². The predicted octanol–water partition coefficient (Wildman–Crippen LogP) is 5.19. The molecule has 0 spiro atoms. The Bertz CT molecular complexity index is 746. The molecule has 2 atom stereocenters. The highest BCUT2D eigenvalue weighted by Gasteiger charge is 2.36. The number of piperidine rings is 2. The minimum Gasteiger partial charge on any atom is -0.490 e. The summed E-state index contributed by atoms with van der Waals surface area (Å²) in [4.78, 5) is 16.7. The summed E-state index contributed by atoms with van der Waals surface area (Å²) in [5.41, 5.74) is 0. The molecule has 2 aliphatic heterocycles. The smallest absolute Gasteiger partial charge is 0.308 e. The number of likely N-dealkylation sites (tertiary alicyclic amines) is 2. The highest BCUT2D eigenvalue weighted by atomic mass is 35.5. The van der Waals surface area contributed by atoms with Gasteiger partial charge < -0.3 is 14.7 Å². The molecular weight excluding hydrogens is 435 g/mol. The zero-order valence-corrected chi connectivity index (χ0v) is 19.7. The van der Waals surface area contributed by atoms with Crippen molar-refractivity contribution in [2.24, 2.45) is 11.8 Å². The van der Waals surface area contributed by atoms with E-state index in [0.717, 1.165) is 76.5 Å². The first kappa shape index (κ1) is 23.2. The number of ether oxygens (including phenoxy) is 1. The third-order valence-electron chi connectivity index (χ3n) is 7.41. The molecule has 172 valence electrons. The fraction of sp³-hybridized carbons (Fsp3) is 0.708. The van der Waals surface area contributed by atoms with Crippen LogP contribution in [0.1, 0.15) is 51.4 Å². The molecule has 5 nitrogen and oxygen atoms in total. The molecule has 0 bridgehead atoms. The number of hydrogen-bond donors (Lipinski definition) is 1. The standard InChI is InChI=1S/C24H34Cl2N2O3/c25-21-6-5-19(15-22(21)26)31-18-9-11-27(12-10-18)16-17-7-13-28(14-8-17)23-4-2-1-3-20(23)24(29)30/h5-6,15,17-18,20,23H,1-4,7-14,16H2,(H,29,30). The number of carboxylic acids is 1. The number of nitrogens with zero attached hydrogens (tertiary/aromatic N) is 2. The molecule has 1 aromatic carbocycles. The lowest BCUT2D eigenvalue weighted by atomic mass is 9.82. The van der Waals surface area contributed by atoms with E-state index in [2.05, 4.69) is 9.80 Å². The van der Waals surface area contributed by atoms with E-state index in [4.69, 9.17) is 27.9 Å². The molecule has 3 aliphatic rings. The molecule has 2 saturated heterocycles. The van der Waals surface area contributed by atoms with Crippen LogP contribution in [0.15, 0.2) is 18.2 Å². The number of aliphatic carboxylic acids is 1. The Balaban J connectivity index is 1.19. The van der Waals surface area contributed by atoms with Crippen molar-refractivity contribution >= 4 is 29.2 Å². The van der Waals surface area contributed by atoms with Crippen molar-refractivity contribution in [3.63, 3.8) is 0 Å². The SMILES string of the molecule is O=C(O)C1CCCCC1N1CCC(CN2CCC(Oc3ccc(Cl)c(Cl)c3)CC2)CC1. The first-order chi connectivity index (χ1) is 15.0. The van der Waals surface area contributed by atoms with Gasteiger partial charge in [0, 0.05) is 31.7 Å². The second-order valence-corrected chi connectivity index (χ2v) is 10.3. The summed E-state index contributed by atoms with van der Waals surface area (Å²) in [6, 6.07) is 5.72. The Hall–Kier alpha value is -1.01. The minimum absolute atomic E-state index is 0.167. The van der Waals surface area contributed by atoms with Crippen LogP contribution in [0.3, 0.4) is 0 Å². The van der Waals surface area contributed by atoms with E-state index in [-0.39, 0.29) is 18.1 Å². The Morgan fingerprint density at radius 3 is 2.35 bits per heavy atom. The number of benzene rings is 1. The normalized spacial score (nSPS) is 27.3. The highest BCUT2D eigenvalue weighted by molar-refractivity contribution is 6.42. The van der Waals surface area contributed by atoms with Gasteiger partial charge in [0.05, 0.1) is 16.0 Å². The molecule has 31 heavy (non-hydrogen) atoms. The van der Waals surface area contributed by atoms with E-state index in [1.807, 2.05) is 6.07 Å². The molecule has 0 amide bonds. The molecule has 2 unspecified atom stereocenters. The largest absolute Gasteiger partial charge is 0.490 e. The highest BCUT2D eigenvalue weighted by Crippen LogP contribution is 2.32. The monoisotopic (exact) mass is 468 g/mol. The third kappa shape index (κ3) is 6.07. The van der Waals surface area contributed by atoms with Gasteiger partial charge in [0.25, 0.3) is 0 Å². The van der Waals surface area contributed by atoms with Gasteiger partial charge in [-0.05, 0) is 69.7 Å². The maximum Gasteiger partial charge on any atom is 0.308 e. The molecule has 4 rings (SSSR count). The lowest BCUT2D eigenvalue weighted by Crippen LogP contribution is -2.50. The molecule has 1 aromatic rings. The second-order valence-electron chi connectivity index (χ2n) is 9.47. The summed E-state index contributed by atoms with van der Waals surface area (Å²) in [6.07, 6.45) is 8.79. The van der Waals surface area contributed by atoms with E-state index in [0.29, 0.717) is 10.0 Å². The van der Waals surface area contributed by atoms with Crippen molar-refractivity contribution in [1.29, 1.82) is 0 Å². The van der Waals surface area contributed by atoms with Crippen molar-refractivity contribution in [3.8, 4) is 5.75 Å². The van der Waals surface area contributed by atoms with Crippen LogP contribution in [0.4, 0.5) is 0 Å². The molecule has 7 heteroatoms. The Kier molecular flexibility index (Phi) is 8.02. The van der Waals surface area contributed by atoms with Crippen LogP contribution in [0.25, 0.3) is 0 Å². The van der Waals surface area contributed by atoms with Gasteiger partial charge in [-0.2, -0.15) is 0 Å². The van der Waals surface area contributed by atoms with Crippen LogP contribution in [0.2, 0.25) is 10.0 Å². The molecule has 0 aromatic heterocycles. The van der Waals surface area contributed by atoms with Gasteiger partial charge >= 0.3 is 5.97 Å². The molecule has 1 saturated carbocycles. The van der Waals surface area contributed by atoms with Gasteiger partial charge in [-0.15, -0.1) is 0 Å². The number of carbonyl (C=O) groups is 1. The maximum absolute atomic E-state index is 11.7. The van der Waals surface area contributed by atoms with Crippen LogP contribution >= 0.6 is 23.2 Å². The van der Waals surface area contributed by atoms with Crippen LogP contribution in [0, 0.1) is 11.8 Å². The maximum atomic E-state index is 11.7. The molecule has 1 N–H and O–H groups in total. The van der Waals surface area contributed by atoms with Crippen molar-refractivity contribution < 1.29 is 14.6 Å². The number of halogens is 2. The lowest BCUT2D eigenvalue weighted by Gasteiger charge is -2.43. The zero-order chi connectivity index (χ0) is 21.8. The summed E-state index contributed by atoms with van der Waals surface area (Å²) < 4.78 is 6.12. The van der Waals surface area contributed by atoms with Crippen LogP contribution < -0.4 is 4.74 Å². The Morgan fingerprint density at radius 2 is 1.68 bits per heavy atom. The van der Waals surface area contributed by atoms with E-state index in [9.17, 15) is 9.90 Å². The predicted molar refractivity (Wildman–Crippen MR) is 124 cm³/mol. The summed E-state index contributed by atoms with van der Waals surface area (Å²) in [6.45, 7) is 5.39. The Labute approximate surface area is 195 Å². The summed E-state index contributed by atoms with van der Waals surface area (Å²) in [5, 5.41) is 10.7. The Morgan fingerprint density at radius 1 is 0.968 bits per heavy atom. The summed E-state index contributed by atoms with van der Waals surface area (Å²) in [7, 11) is 0. The van der Waals surface area contributed by atoms with E-state index < -0.39 is 5.97 Å². The lowest BCUT2D eigenvalue weighted by molar-refractivity contribution is -0.146. The quantitative estimate of drug-likeness (QED) is 0.622.